The van der Waals surface area contributed by atoms with Gasteiger partial charge in [0.2, 0.25) is 5.91 Å². The third-order valence-corrected chi connectivity index (χ3v) is 4.23. The number of amides is 1. The van der Waals surface area contributed by atoms with E-state index in [9.17, 15) is 14.4 Å². The number of rotatable bonds is 3. The van der Waals surface area contributed by atoms with Crippen molar-refractivity contribution < 1.29 is 4.79 Å². The van der Waals surface area contributed by atoms with Gasteiger partial charge in [-0.15, -0.1) is 0 Å². The van der Waals surface area contributed by atoms with Gasteiger partial charge in [0.15, 0.2) is 0 Å². The van der Waals surface area contributed by atoms with Crippen LogP contribution in [0.5, 0.6) is 0 Å². The Bertz CT molecular complexity index is 620. The van der Waals surface area contributed by atoms with Crippen molar-refractivity contribution in [3.8, 4) is 0 Å². The minimum Gasteiger partial charge on any atom is -0.338 e. The summed E-state index contributed by atoms with van der Waals surface area (Å²) < 4.78 is 1.47. The van der Waals surface area contributed by atoms with Gasteiger partial charge in [0.05, 0.1) is 4.47 Å². The van der Waals surface area contributed by atoms with E-state index < -0.39 is 11.2 Å². The third kappa shape index (κ3) is 3.03. The number of carbonyl (C=O) groups is 1. The van der Waals surface area contributed by atoms with Crippen molar-refractivity contribution in [1.29, 1.82) is 0 Å². The quantitative estimate of drug-likeness (QED) is 0.887. The Balaban J connectivity index is 2.18. The molecule has 1 saturated heterocycles. The van der Waals surface area contributed by atoms with Gasteiger partial charge in [0, 0.05) is 18.8 Å². The van der Waals surface area contributed by atoms with Crippen molar-refractivity contribution >= 4 is 21.8 Å². The van der Waals surface area contributed by atoms with E-state index in [1.165, 1.54) is 10.8 Å². The van der Waals surface area contributed by atoms with Crippen LogP contribution in [-0.4, -0.2) is 32.9 Å². The summed E-state index contributed by atoms with van der Waals surface area (Å²) in [4.78, 5) is 39.3. The van der Waals surface area contributed by atoms with E-state index in [1.54, 1.807) is 0 Å². The van der Waals surface area contributed by atoms with Crippen molar-refractivity contribution in [1.82, 2.24) is 14.5 Å². The fraction of sp³-hybridized carbons (Fsp3) is 0.615. The standard InChI is InChI=1S/C13H18BrN3O3/c1-8(2)10-4-3-5-17(10)11(18)7-16-6-9(14)12(19)15-13(16)20/h6,8,10H,3-5,7H2,1-2H3,(H,15,19,20). The van der Waals surface area contributed by atoms with Gasteiger partial charge in [-0.1, -0.05) is 13.8 Å². The van der Waals surface area contributed by atoms with Crippen molar-refractivity contribution in [3.63, 3.8) is 0 Å². The van der Waals surface area contributed by atoms with Gasteiger partial charge >= 0.3 is 5.69 Å². The van der Waals surface area contributed by atoms with Gasteiger partial charge in [-0.05, 0) is 34.7 Å². The molecule has 1 unspecified atom stereocenters. The molecule has 0 aliphatic carbocycles. The van der Waals surface area contributed by atoms with Gasteiger partial charge in [-0.3, -0.25) is 19.1 Å². The summed E-state index contributed by atoms with van der Waals surface area (Å²) in [6.45, 7) is 4.89. The van der Waals surface area contributed by atoms with Crippen LogP contribution in [-0.2, 0) is 11.3 Å². The lowest BCUT2D eigenvalue weighted by atomic mass is 10.0. The number of nitrogens with one attached hydrogen (secondary N) is 1. The molecule has 20 heavy (non-hydrogen) atoms. The van der Waals surface area contributed by atoms with Gasteiger partial charge in [-0.25, -0.2) is 4.79 Å². The molecule has 1 aliphatic rings. The molecule has 1 N–H and O–H groups in total. The van der Waals surface area contributed by atoms with Gasteiger partial charge in [0.25, 0.3) is 5.56 Å². The Morgan fingerprint density at radius 3 is 2.85 bits per heavy atom. The van der Waals surface area contributed by atoms with Crippen LogP contribution in [0.1, 0.15) is 26.7 Å². The number of likely N-dealkylation sites (tertiary alicyclic amines) is 1. The highest BCUT2D eigenvalue weighted by atomic mass is 79.9. The first-order valence-corrected chi connectivity index (χ1v) is 7.48. The molecular formula is C13H18BrN3O3. The molecule has 1 aliphatic heterocycles. The summed E-state index contributed by atoms with van der Waals surface area (Å²) in [6.07, 6.45) is 3.37. The zero-order chi connectivity index (χ0) is 14.9. The van der Waals surface area contributed by atoms with Crippen molar-refractivity contribution in [3.05, 3.63) is 31.5 Å². The Morgan fingerprint density at radius 1 is 1.50 bits per heavy atom. The van der Waals surface area contributed by atoms with E-state index in [0.717, 1.165) is 19.4 Å². The maximum atomic E-state index is 12.3. The smallest absolute Gasteiger partial charge is 0.328 e. The molecule has 0 aromatic carbocycles. The van der Waals surface area contributed by atoms with Crippen LogP contribution in [0.4, 0.5) is 0 Å². The van der Waals surface area contributed by atoms with Gasteiger partial charge in [-0.2, -0.15) is 0 Å². The molecule has 1 aromatic heterocycles. The summed E-state index contributed by atoms with van der Waals surface area (Å²) in [7, 11) is 0. The van der Waals surface area contributed by atoms with Crippen LogP contribution in [0.3, 0.4) is 0 Å². The minimum atomic E-state index is -0.563. The number of carbonyl (C=O) groups excluding carboxylic acids is 1. The molecule has 7 heteroatoms. The molecule has 0 radical (unpaired) electrons. The lowest BCUT2D eigenvalue weighted by molar-refractivity contribution is -0.133. The predicted octanol–water partition coefficient (Wildman–Crippen LogP) is 0.946. The van der Waals surface area contributed by atoms with E-state index in [2.05, 4.69) is 34.8 Å². The number of halogens is 1. The Labute approximate surface area is 124 Å². The summed E-state index contributed by atoms with van der Waals surface area (Å²) in [5.41, 5.74) is -1.05. The maximum absolute atomic E-state index is 12.3. The highest BCUT2D eigenvalue weighted by Crippen LogP contribution is 2.23. The molecule has 1 atom stereocenters. The molecule has 1 fully saturated rings. The molecule has 110 valence electrons. The minimum absolute atomic E-state index is 0.0442. The SMILES string of the molecule is CC(C)C1CCCN1C(=O)Cn1cc(Br)c(=O)[nH]c1=O. The van der Waals surface area contributed by atoms with Crippen LogP contribution in [0.2, 0.25) is 0 Å². The Kier molecular flexibility index (Phi) is 4.47. The van der Waals surface area contributed by atoms with E-state index >= 15 is 0 Å². The Morgan fingerprint density at radius 2 is 2.20 bits per heavy atom. The second kappa shape index (κ2) is 5.95. The molecule has 0 saturated carbocycles. The third-order valence-electron chi connectivity index (χ3n) is 3.66. The molecule has 2 heterocycles. The first-order chi connectivity index (χ1) is 9.40. The van der Waals surface area contributed by atoms with Crippen molar-refractivity contribution in [2.45, 2.75) is 39.3 Å². The summed E-state index contributed by atoms with van der Waals surface area (Å²) in [5, 5.41) is 0. The van der Waals surface area contributed by atoms with E-state index in [-0.39, 0.29) is 23.0 Å². The summed E-state index contributed by atoms with van der Waals surface area (Å²) in [5.74, 6) is 0.322. The fourth-order valence-corrected chi connectivity index (χ4v) is 2.98. The van der Waals surface area contributed by atoms with Gasteiger partial charge in [0.1, 0.15) is 6.54 Å². The lowest BCUT2D eigenvalue weighted by Gasteiger charge is -2.27. The van der Waals surface area contributed by atoms with E-state index in [0.29, 0.717) is 5.92 Å². The molecule has 0 spiro atoms. The molecule has 1 aromatic rings. The van der Waals surface area contributed by atoms with E-state index in [1.807, 2.05) is 4.90 Å². The van der Waals surface area contributed by atoms with E-state index in [4.69, 9.17) is 0 Å². The zero-order valence-corrected chi connectivity index (χ0v) is 13.1. The normalized spacial score (nSPS) is 18.8. The number of hydrogen-bond acceptors (Lipinski definition) is 3. The van der Waals surface area contributed by atoms with Gasteiger partial charge < -0.3 is 4.90 Å². The predicted molar refractivity (Wildman–Crippen MR) is 78.6 cm³/mol. The second-order valence-corrected chi connectivity index (χ2v) is 6.26. The maximum Gasteiger partial charge on any atom is 0.328 e. The van der Waals surface area contributed by atoms with Crippen molar-refractivity contribution in [2.75, 3.05) is 6.54 Å². The number of hydrogen-bond donors (Lipinski definition) is 1. The zero-order valence-electron chi connectivity index (χ0n) is 11.6. The first kappa shape index (κ1) is 15.0. The number of aromatic amines is 1. The van der Waals surface area contributed by atoms with Crippen LogP contribution in [0.25, 0.3) is 0 Å². The number of H-pyrrole nitrogens is 1. The van der Waals surface area contributed by atoms with Crippen LogP contribution >= 0.6 is 15.9 Å². The van der Waals surface area contributed by atoms with Crippen LogP contribution in [0.15, 0.2) is 20.3 Å². The van der Waals surface area contributed by atoms with Crippen molar-refractivity contribution in [2.24, 2.45) is 5.92 Å². The average molecular weight is 344 g/mol. The second-order valence-electron chi connectivity index (χ2n) is 5.40. The monoisotopic (exact) mass is 343 g/mol. The molecule has 2 rings (SSSR count). The molecule has 1 amide bonds. The lowest BCUT2D eigenvalue weighted by Crippen LogP contribution is -2.42. The van der Waals surface area contributed by atoms with Crippen LogP contribution < -0.4 is 11.2 Å². The molecular weight excluding hydrogens is 326 g/mol. The first-order valence-electron chi connectivity index (χ1n) is 6.69. The highest BCUT2D eigenvalue weighted by Gasteiger charge is 2.30. The number of aromatic nitrogens is 2. The largest absolute Gasteiger partial charge is 0.338 e. The average Bonchev–Trinajstić information content (AvgIpc) is 2.85. The topological polar surface area (TPSA) is 75.2 Å². The highest BCUT2D eigenvalue weighted by molar-refractivity contribution is 9.10. The summed E-state index contributed by atoms with van der Waals surface area (Å²) >= 11 is 3.06. The number of nitrogens with zero attached hydrogens (tertiary/aromatic N) is 2. The Hall–Kier alpha value is -1.37. The van der Waals surface area contributed by atoms with Crippen LogP contribution in [0, 0.1) is 5.92 Å². The summed E-state index contributed by atoms with van der Waals surface area (Å²) in [6, 6.07) is 0.240. The fourth-order valence-electron chi connectivity index (χ4n) is 2.63. The molecule has 6 nitrogen and oxygen atoms in total. The molecule has 0 bridgehead atoms.